The molecule has 0 bridgehead atoms. The van der Waals surface area contributed by atoms with E-state index in [4.69, 9.17) is 0 Å². The van der Waals surface area contributed by atoms with Gasteiger partial charge in [-0.25, -0.2) is 9.89 Å². The Labute approximate surface area is 81.1 Å². The van der Waals surface area contributed by atoms with Gasteiger partial charge in [0.1, 0.15) is 0 Å². The van der Waals surface area contributed by atoms with Crippen molar-refractivity contribution < 1.29 is 4.79 Å². The summed E-state index contributed by atoms with van der Waals surface area (Å²) in [7, 11) is 0. The van der Waals surface area contributed by atoms with Crippen molar-refractivity contribution in [2.24, 2.45) is 5.92 Å². The lowest BCUT2D eigenvalue weighted by Gasteiger charge is -2.04. The van der Waals surface area contributed by atoms with Crippen molar-refractivity contribution in [2.75, 3.05) is 6.54 Å². The van der Waals surface area contributed by atoms with E-state index in [0.717, 1.165) is 6.42 Å². The maximum atomic E-state index is 11.3. The highest BCUT2D eigenvalue weighted by Crippen LogP contribution is 1.96. The first-order valence-corrected chi connectivity index (χ1v) is 4.52. The quantitative estimate of drug-likeness (QED) is 0.629. The number of hydrogen-bond acceptors (Lipinski definition) is 3. The molecular formula is C8H14N4O2. The highest BCUT2D eigenvalue weighted by Gasteiger charge is 2.08. The molecule has 78 valence electrons. The zero-order valence-corrected chi connectivity index (χ0v) is 8.26. The summed E-state index contributed by atoms with van der Waals surface area (Å²) in [5.74, 6) is 0.205. The Balaban J connectivity index is 2.40. The lowest BCUT2D eigenvalue weighted by atomic mass is 10.1. The third kappa shape index (κ3) is 3.04. The van der Waals surface area contributed by atoms with Crippen LogP contribution in [0.25, 0.3) is 0 Å². The van der Waals surface area contributed by atoms with Gasteiger partial charge in [-0.2, -0.15) is 0 Å². The molecule has 0 spiro atoms. The van der Waals surface area contributed by atoms with Crippen molar-refractivity contribution in [3.63, 3.8) is 0 Å². The molecule has 0 fully saturated rings. The van der Waals surface area contributed by atoms with Gasteiger partial charge >= 0.3 is 5.69 Å². The van der Waals surface area contributed by atoms with Gasteiger partial charge in [0.25, 0.3) is 5.91 Å². The zero-order valence-electron chi connectivity index (χ0n) is 8.26. The summed E-state index contributed by atoms with van der Waals surface area (Å²) in [5.41, 5.74) is -0.473. The molecule has 0 saturated heterocycles. The number of H-pyrrole nitrogens is 2. The molecule has 0 aromatic carbocycles. The van der Waals surface area contributed by atoms with Crippen LogP contribution < -0.4 is 11.0 Å². The van der Waals surface area contributed by atoms with E-state index in [1.54, 1.807) is 0 Å². The monoisotopic (exact) mass is 198 g/mol. The first kappa shape index (κ1) is 10.5. The van der Waals surface area contributed by atoms with Crippen molar-refractivity contribution in [3.8, 4) is 0 Å². The van der Waals surface area contributed by atoms with Crippen molar-refractivity contribution in [3.05, 3.63) is 16.3 Å². The number of amides is 1. The second-order valence-corrected chi connectivity index (χ2v) is 3.46. The third-order valence-electron chi connectivity index (χ3n) is 1.72. The van der Waals surface area contributed by atoms with Crippen LogP contribution in [0.15, 0.2) is 4.79 Å². The number of carbonyl (C=O) groups is 1. The first-order valence-electron chi connectivity index (χ1n) is 4.52. The minimum absolute atomic E-state index is 0.0266. The number of nitrogens with zero attached hydrogens (tertiary/aromatic N) is 1. The zero-order chi connectivity index (χ0) is 10.6. The molecule has 0 radical (unpaired) electrons. The van der Waals surface area contributed by atoms with Crippen LogP contribution in [-0.4, -0.2) is 27.6 Å². The number of nitrogens with one attached hydrogen (secondary N) is 3. The predicted molar refractivity (Wildman–Crippen MR) is 51.0 cm³/mol. The topological polar surface area (TPSA) is 90.6 Å². The van der Waals surface area contributed by atoms with Crippen LogP contribution in [0.4, 0.5) is 0 Å². The predicted octanol–water partition coefficient (Wildman–Crippen LogP) is -0.126. The van der Waals surface area contributed by atoms with Gasteiger partial charge < -0.3 is 5.32 Å². The number of aromatic amines is 2. The summed E-state index contributed by atoms with van der Waals surface area (Å²) < 4.78 is 0. The fourth-order valence-electron chi connectivity index (χ4n) is 0.936. The molecule has 0 aliphatic heterocycles. The molecule has 1 aromatic rings. The van der Waals surface area contributed by atoms with Gasteiger partial charge in [0.15, 0.2) is 0 Å². The maximum absolute atomic E-state index is 11.3. The largest absolute Gasteiger partial charge is 0.349 e. The van der Waals surface area contributed by atoms with E-state index < -0.39 is 5.69 Å². The van der Waals surface area contributed by atoms with Crippen molar-refractivity contribution in [1.29, 1.82) is 0 Å². The summed E-state index contributed by atoms with van der Waals surface area (Å²) in [4.78, 5) is 24.2. The molecule has 6 nitrogen and oxygen atoms in total. The summed E-state index contributed by atoms with van der Waals surface area (Å²) in [6.45, 7) is 4.73. The number of hydrogen-bond donors (Lipinski definition) is 3. The molecule has 0 unspecified atom stereocenters. The lowest BCUT2D eigenvalue weighted by molar-refractivity contribution is 0.0942. The Kier molecular flexibility index (Phi) is 3.44. The van der Waals surface area contributed by atoms with Gasteiger partial charge in [-0.05, 0) is 12.3 Å². The summed E-state index contributed by atoms with van der Waals surface area (Å²) >= 11 is 0. The van der Waals surface area contributed by atoms with E-state index in [9.17, 15) is 9.59 Å². The summed E-state index contributed by atoms with van der Waals surface area (Å²) in [6, 6.07) is 0. The normalized spacial score (nSPS) is 10.5. The van der Waals surface area contributed by atoms with Gasteiger partial charge in [-0.15, -0.1) is 5.10 Å². The van der Waals surface area contributed by atoms with Gasteiger partial charge in [-0.3, -0.25) is 9.78 Å². The van der Waals surface area contributed by atoms with Gasteiger partial charge in [-0.1, -0.05) is 13.8 Å². The Hall–Kier alpha value is -1.59. The molecule has 14 heavy (non-hydrogen) atoms. The molecule has 3 N–H and O–H groups in total. The Morgan fingerprint density at radius 3 is 2.79 bits per heavy atom. The molecule has 0 aliphatic carbocycles. The molecule has 0 atom stereocenters. The SMILES string of the molecule is CC(C)CCNC(=O)c1n[nH]c(=O)[nH]1. The van der Waals surface area contributed by atoms with Crippen LogP contribution in [-0.2, 0) is 0 Å². The van der Waals surface area contributed by atoms with Crippen LogP contribution in [0.1, 0.15) is 30.9 Å². The maximum Gasteiger partial charge on any atom is 0.341 e. The molecule has 1 aromatic heterocycles. The highest BCUT2D eigenvalue weighted by atomic mass is 16.2. The third-order valence-corrected chi connectivity index (χ3v) is 1.72. The average molecular weight is 198 g/mol. The van der Waals surface area contributed by atoms with Crippen LogP contribution in [0.2, 0.25) is 0 Å². The highest BCUT2D eigenvalue weighted by molar-refractivity contribution is 5.90. The van der Waals surface area contributed by atoms with E-state index >= 15 is 0 Å². The Morgan fingerprint density at radius 1 is 1.57 bits per heavy atom. The van der Waals surface area contributed by atoms with Crippen molar-refractivity contribution in [1.82, 2.24) is 20.5 Å². The molecule has 1 rings (SSSR count). The second-order valence-electron chi connectivity index (χ2n) is 3.46. The van der Waals surface area contributed by atoms with Crippen LogP contribution in [0.3, 0.4) is 0 Å². The molecular weight excluding hydrogens is 184 g/mol. The molecule has 1 heterocycles. The van der Waals surface area contributed by atoms with E-state index in [1.807, 2.05) is 0 Å². The Bertz CT molecular complexity index is 352. The van der Waals surface area contributed by atoms with E-state index in [2.05, 4.69) is 34.3 Å². The smallest absolute Gasteiger partial charge is 0.341 e. The average Bonchev–Trinajstić information content (AvgIpc) is 2.51. The molecule has 0 aliphatic rings. The Morgan fingerprint density at radius 2 is 2.29 bits per heavy atom. The van der Waals surface area contributed by atoms with E-state index in [-0.39, 0.29) is 11.7 Å². The van der Waals surface area contributed by atoms with Crippen LogP contribution >= 0.6 is 0 Å². The van der Waals surface area contributed by atoms with Crippen molar-refractivity contribution >= 4 is 5.91 Å². The van der Waals surface area contributed by atoms with Gasteiger partial charge in [0, 0.05) is 6.54 Å². The van der Waals surface area contributed by atoms with E-state index in [0.29, 0.717) is 12.5 Å². The molecule has 1 amide bonds. The van der Waals surface area contributed by atoms with Crippen LogP contribution in [0, 0.1) is 5.92 Å². The fourth-order valence-corrected chi connectivity index (χ4v) is 0.936. The minimum atomic E-state index is -0.473. The number of carbonyl (C=O) groups excluding carboxylic acids is 1. The fraction of sp³-hybridized carbons (Fsp3) is 0.625. The van der Waals surface area contributed by atoms with Gasteiger partial charge in [0.05, 0.1) is 0 Å². The molecule has 0 saturated carbocycles. The summed E-state index contributed by atoms with van der Waals surface area (Å²) in [6.07, 6.45) is 0.903. The summed E-state index contributed by atoms with van der Waals surface area (Å²) in [5, 5.41) is 8.29. The lowest BCUT2D eigenvalue weighted by Crippen LogP contribution is -2.26. The standard InChI is InChI=1S/C8H14N4O2/c1-5(2)3-4-9-7(13)6-10-8(14)12-11-6/h5H,3-4H2,1-2H3,(H,9,13)(H2,10,11,12,14). The van der Waals surface area contributed by atoms with Crippen LogP contribution in [0.5, 0.6) is 0 Å². The number of aromatic nitrogens is 3. The van der Waals surface area contributed by atoms with E-state index in [1.165, 1.54) is 0 Å². The minimum Gasteiger partial charge on any atom is -0.349 e. The van der Waals surface area contributed by atoms with Crippen molar-refractivity contribution in [2.45, 2.75) is 20.3 Å². The first-order chi connectivity index (χ1) is 6.59. The molecule has 6 heteroatoms. The number of rotatable bonds is 4. The van der Waals surface area contributed by atoms with Gasteiger partial charge in [0.2, 0.25) is 5.82 Å². The second kappa shape index (κ2) is 4.59.